The summed E-state index contributed by atoms with van der Waals surface area (Å²) in [4.78, 5) is 27.7. The third-order valence-corrected chi connectivity index (χ3v) is 7.05. The third-order valence-electron chi connectivity index (χ3n) is 6.20. The normalized spacial score (nSPS) is 16.0. The maximum atomic E-state index is 13.0. The van der Waals surface area contributed by atoms with Gasteiger partial charge in [-0.15, -0.1) is 11.3 Å². The molecule has 2 amide bonds. The highest BCUT2D eigenvalue weighted by Gasteiger charge is 2.30. The number of carbonyl (C=O) groups is 2. The predicted octanol–water partition coefficient (Wildman–Crippen LogP) is 4.23. The minimum atomic E-state index is -0.0178. The quantitative estimate of drug-likeness (QED) is 0.645. The molecule has 2 aromatic heterocycles. The van der Waals surface area contributed by atoms with Crippen molar-refractivity contribution in [1.82, 2.24) is 14.8 Å². The maximum absolute atomic E-state index is 13.0. The number of aryl methyl sites for hydroxylation is 1. The zero-order valence-electron chi connectivity index (χ0n) is 17.6. The van der Waals surface area contributed by atoms with Crippen molar-refractivity contribution >= 4 is 33.4 Å². The van der Waals surface area contributed by atoms with Crippen LogP contribution >= 0.6 is 11.3 Å². The number of carbonyl (C=O) groups excluding carboxylic acids is 2. The van der Waals surface area contributed by atoms with Gasteiger partial charge in [0.1, 0.15) is 5.69 Å². The Morgan fingerprint density at radius 1 is 1.17 bits per heavy atom. The smallest absolute Gasteiger partial charge is 0.270 e. The first kappa shape index (κ1) is 20.7. The van der Waals surface area contributed by atoms with Gasteiger partial charge >= 0.3 is 0 Å². The molecule has 5 nitrogen and oxygen atoms in total. The molecule has 0 aliphatic carbocycles. The van der Waals surface area contributed by atoms with Gasteiger partial charge in [-0.2, -0.15) is 0 Å². The van der Waals surface area contributed by atoms with Gasteiger partial charge in [-0.1, -0.05) is 37.3 Å². The van der Waals surface area contributed by atoms with E-state index in [0.29, 0.717) is 13.1 Å². The highest BCUT2D eigenvalue weighted by Crippen LogP contribution is 2.26. The number of aromatic nitrogens is 1. The van der Waals surface area contributed by atoms with Gasteiger partial charge in [-0.05, 0) is 48.8 Å². The van der Waals surface area contributed by atoms with E-state index in [-0.39, 0.29) is 23.8 Å². The van der Waals surface area contributed by atoms with Crippen molar-refractivity contribution in [3.8, 4) is 0 Å². The van der Waals surface area contributed by atoms with E-state index in [4.69, 9.17) is 0 Å². The molecule has 158 valence electrons. The Labute approximate surface area is 181 Å². The summed E-state index contributed by atoms with van der Waals surface area (Å²) >= 11 is 1.65. The van der Waals surface area contributed by atoms with Gasteiger partial charge in [-0.3, -0.25) is 9.59 Å². The number of benzene rings is 1. The molecule has 0 bridgehead atoms. The molecule has 1 unspecified atom stereocenters. The average molecular weight is 424 g/mol. The van der Waals surface area contributed by atoms with Crippen LogP contribution in [0.4, 0.5) is 0 Å². The van der Waals surface area contributed by atoms with Gasteiger partial charge in [-0.25, -0.2) is 0 Å². The van der Waals surface area contributed by atoms with Crippen molar-refractivity contribution in [3.63, 3.8) is 0 Å². The number of fused-ring (bicyclic) bond motifs is 1. The molecule has 1 aromatic carbocycles. The molecule has 1 aliphatic heterocycles. The highest BCUT2D eigenvalue weighted by molar-refractivity contribution is 7.17. The molecular formula is C24H29N3O2S. The summed E-state index contributed by atoms with van der Waals surface area (Å²) in [5.74, 6) is 0.176. The molecule has 1 atom stereocenters. The van der Waals surface area contributed by atoms with E-state index >= 15 is 0 Å². The molecular weight excluding hydrogens is 394 g/mol. The van der Waals surface area contributed by atoms with E-state index in [2.05, 4.69) is 24.4 Å². The lowest BCUT2D eigenvalue weighted by atomic mass is 9.94. The Morgan fingerprint density at radius 2 is 1.90 bits per heavy atom. The maximum Gasteiger partial charge on any atom is 0.270 e. The number of nitrogens with zero attached hydrogens (tertiary/aromatic N) is 2. The molecule has 0 saturated carbocycles. The number of hydrogen-bond acceptors (Lipinski definition) is 3. The number of thiophene rings is 1. The van der Waals surface area contributed by atoms with E-state index in [1.54, 1.807) is 11.3 Å². The van der Waals surface area contributed by atoms with E-state index < -0.39 is 0 Å². The fraction of sp³-hybridized carbons (Fsp3) is 0.417. The second-order valence-electron chi connectivity index (χ2n) is 8.13. The van der Waals surface area contributed by atoms with Gasteiger partial charge in [0.05, 0.1) is 10.2 Å². The first-order chi connectivity index (χ1) is 14.6. The SMILES string of the molecule is CCC(Cc1ccccc1)NC(=O)C1CCN(C(=O)c2cc3sccc3n2C)CC1. The minimum Gasteiger partial charge on any atom is -0.353 e. The lowest BCUT2D eigenvalue weighted by Crippen LogP contribution is -2.46. The van der Waals surface area contributed by atoms with Crippen LogP contribution in [0.2, 0.25) is 0 Å². The zero-order chi connectivity index (χ0) is 21.1. The molecule has 1 fully saturated rings. The number of piperidine rings is 1. The van der Waals surface area contributed by atoms with Crippen LogP contribution in [0.5, 0.6) is 0 Å². The lowest BCUT2D eigenvalue weighted by Gasteiger charge is -2.32. The summed E-state index contributed by atoms with van der Waals surface area (Å²) in [6.45, 7) is 3.37. The van der Waals surface area contributed by atoms with E-state index in [0.717, 1.165) is 41.6 Å². The van der Waals surface area contributed by atoms with Crippen molar-refractivity contribution in [2.45, 2.75) is 38.6 Å². The fourth-order valence-corrected chi connectivity index (χ4v) is 5.13. The van der Waals surface area contributed by atoms with Crippen LogP contribution < -0.4 is 5.32 Å². The van der Waals surface area contributed by atoms with Crippen LogP contribution in [0.25, 0.3) is 10.2 Å². The van der Waals surface area contributed by atoms with E-state index in [1.807, 2.05) is 52.2 Å². The van der Waals surface area contributed by atoms with Crippen LogP contribution in [0.3, 0.4) is 0 Å². The topological polar surface area (TPSA) is 54.3 Å². The monoisotopic (exact) mass is 423 g/mol. The zero-order valence-corrected chi connectivity index (χ0v) is 18.5. The van der Waals surface area contributed by atoms with Gasteiger partial charge in [0, 0.05) is 32.1 Å². The molecule has 3 heterocycles. The summed E-state index contributed by atoms with van der Waals surface area (Å²) < 4.78 is 3.11. The molecule has 1 aliphatic rings. The summed E-state index contributed by atoms with van der Waals surface area (Å²) in [6, 6.07) is 14.5. The highest BCUT2D eigenvalue weighted by atomic mass is 32.1. The molecule has 6 heteroatoms. The Hall–Kier alpha value is -2.60. The van der Waals surface area contributed by atoms with E-state index in [9.17, 15) is 9.59 Å². The second kappa shape index (κ2) is 9.04. The Balaban J connectivity index is 1.32. The Morgan fingerprint density at radius 3 is 2.57 bits per heavy atom. The van der Waals surface area contributed by atoms with Gasteiger partial charge in [0.15, 0.2) is 0 Å². The summed E-state index contributed by atoms with van der Waals surface area (Å²) in [5, 5.41) is 5.28. The van der Waals surface area contributed by atoms with Crippen LogP contribution in [0.15, 0.2) is 47.8 Å². The summed E-state index contributed by atoms with van der Waals surface area (Å²) in [5.41, 5.74) is 3.07. The van der Waals surface area contributed by atoms with Crippen molar-refractivity contribution < 1.29 is 9.59 Å². The lowest BCUT2D eigenvalue weighted by molar-refractivity contribution is -0.127. The second-order valence-corrected chi connectivity index (χ2v) is 9.08. The predicted molar refractivity (Wildman–Crippen MR) is 122 cm³/mol. The van der Waals surface area contributed by atoms with Crippen molar-refractivity contribution in [3.05, 3.63) is 59.1 Å². The summed E-state index contributed by atoms with van der Waals surface area (Å²) in [7, 11) is 1.94. The van der Waals surface area contributed by atoms with Gasteiger partial charge < -0.3 is 14.8 Å². The van der Waals surface area contributed by atoms with Crippen molar-refractivity contribution in [2.75, 3.05) is 13.1 Å². The number of hydrogen-bond donors (Lipinski definition) is 1. The Kier molecular flexibility index (Phi) is 6.23. The molecule has 1 saturated heterocycles. The molecule has 30 heavy (non-hydrogen) atoms. The third kappa shape index (κ3) is 4.29. The first-order valence-corrected chi connectivity index (χ1v) is 11.6. The number of nitrogens with one attached hydrogen (secondary N) is 1. The fourth-order valence-electron chi connectivity index (χ4n) is 4.28. The largest absolute Gasteiger partial charge is 0.353 e. The molecule has 3 aromatic rings. The van der Waals surface area contributed by atoms with E-state index in [1.165, 1.54) is 5.56 Å². The molecule has 4 rings (SSSR count). The van der Waals surface area contributed by atoms with Crippen LogP contribution in [0.1, 0.15) is 42.2 Å². The van der Waals surface area contributed by atoms with Crippen LogP contribution in [0, 0.1) is 5.92 Å². The number of rotatable bonds is 6. The Bertz CT molecular complexity index is 1020. The molecule has 0 radical (unpaired) electrons. The first-order valence-electron chi connectivity index (χ1n) is 10.7. The molecule has 0 spiro atoms. The average Bonchev–Trinajstić information content (AvgIpc) is 3.36. The minimum absolute atomic E-state index is 0.0178. The van der Waals surface area contributed by atoms with Gasteiger partial charge in [0.2, 0.25) is 5.91 Å². The summed E-state index contributed by atoms with van der Waals surface area (Å²) in [6.07, 6.45) is 3.20. The van der Waals surface area contributed by atoms with Crippen molar-refractivity contribution in [2.24, 2.45) is 13.0 Å². The standard InChI is InChI=1S/C24H29N3O2S/c1-3-19(15-17-7-5-4-6-8-17)25-23(28)18-9-12-27(13-10-18)24(29)21-16-22-20(26(21)2)11-14-30-22/h4-8,11,14,16,18-19H,3,9-10,12-13,15H2,1-2H3,(H,25,28). The van der Waals surface area contributed by atoms with Gasteiger partial charge in [0.25, 0.3) is 5.91 Å². The van der Waals surface area contributed by atoms with Crippen LogP contribution in [-0.2, 0) is 18.3 Å². The molecule has 1 N–H and O–H groups in total. The van der Waals surface area contributed by atoms with Crippen LogP contribution in [-0.4, -0.2) is 40.4 Å². The van der Waals surface area contributed by atoms with Crippen molar-refractivity contribution in [1.29, 1.82) is 0 Å². The number of likely N-dealkylation sites (tertiary alicyclic amines) is 1. The number of amides is 2.